The summed E-state index contributed by atoms with van der Waals surface area (Å²) in [5, 5.41) is 0.239. The number of rotatable bonds is 2. The fourth-order valence-corrected chi connectivity index (χ4v) is 2.46. The topological polar surface area (TPSA) is 59.5 Å². The number of hydrogen-bond donors (Lipinski definition) is 1. The fraction of sp³-hybridized carbons (Fsp3) is 0.583. The first kappa shape index (κ1) is 12.5. The second-order valence-corrected chi connectivity index (χ2v) is 4.99. The van der Waals surface area contributed by atoms with Crippen LogP contribution in [0.5, 0.6) is 0 Å². The largest absolute Gasteiger partial charge is 0.440 e. The molecule has 0 aliphatic carbocycles. The van der Waals surface area contributed by atoms with Gasteiger partial charge in [-0.2, -0.15) is 0 Å². The summed E-state index contributed by atoms with van der Waals surface area (Å²) in [6, 6.07) is 3.30. The maximum absolute atomic E-state index is 12.2. The van der Waals surface area contributed by atoms with Crippen molar-refractivity contribution in [1.82, 2.24) is 4.90 Å². The number of likely N-dealkylation sites (tertiary alicyclic amines) is 1. The molecule has 1 aromatic heterocycles. The zero-order valence-electron chi connectivity index (χ0n) is 9.86. The molecule has 1 aliphatic heterocycles. The number of carbonyl (C=O) groups excluding carboxylic acids is 1. The smallest absolute Gasteiger partial charge is 0.289 e. The second-order valence-electron chi connectivity index (χ2n) is 4.62. The minimum absolute atomic E-state index is 0.107. The third-order valence-electron chi connectivity index (χ3n) is 3.29. The average molecular weight is 257 g/mol. The van der Waals surface area contributed by atoms with Crippen LogP contribution in [0.2, 0.25) is 5.22 Å². The van der Waals surface area contributed by atoms with Crippen molar-refractivity contribution >= 4 is 17.5 Å². The van der Waals surface area contributed by atoms with Crippen LogP contribution >= 0.6 is 11.6 Å². The Morgan fingerprint density at radius 2 is 2.41 bits per heavy atom. The first-order valence-corrected chi connectivity index (χ1v) is 6.26. The van der Waals surface area contributed by atoms with E-state index in [9.17, 15) is 4.79 Å². The van der Waals surface area contributed by atoms with Crippen molar-refractivity contribution < 1.29 is 9.21 Å². The van der Waals surface area contributed by atoms with Crippen molar-refractivity contribution in [2.75, 3.05) is 13.1 Å². The van der Waals surface area contributed by atoms with Gasteiger partial charge in [-0.15, -0.1) is 0 Å². The van der Waals surface area contributed by atoms with Gasteiger partial charge < -0.3 is 15.1 Å². The van der Waals surface area contributed by atoms with Crippen molar-refractivity contribution in [1.29, 1.82) is 0 Å². The van der Waals surface area contributed by atoms with Gasteiger partial charge in [-0.05, 0) is 42.5 Å². The lowest BCUT2D eigenvalue weighted by molar-refractivity contribution is 0.0542. The minimum Gasteiger partial charge on any atom is -0.440 e. The summed E-state index contributed by atoms with van der Waals surface area (Å²) in [5.41, 5.74) is 5.73. The Bertz CT molecular complexity index is 405. The van der Waals surface area contributed by atoms with Crippen LogP contribution in [0.25, 0.3) is 0 Å². The summed E-state index contributed by atoms with van der Waals surface area (Å²) in [6.45, 7) is 3.42. The van der Waals surface area contributed by atoms with Gasteiger partial charge in [0.15, 0.2) is 11.0 Å². The highest BCUT2D eigenvalue weighted by Crippen LogP contribution is 2.24. The molecule has 0 bridgehead atoms. The molecule has 4 nitrogen and oxygen atoms in total. The predicted molar refractivity (Wildman–Crippen MR) is 66.0 cm³/mol. The van der Waals surface area contributed by atoms with Gasteiger partial charge in [-0.25, -0.2) is 0 Å². The summed E-state index contributed by atoms with van der Waals surface area (Å²) in [5.74, 6) is 0.801. The molecule has 1 aromatic rings. The van der Waals surface area contributed by atoms with Crippen molar-refractivity contribution in [3.05, 3.63) is 23.1 Å². The number of piperidine rings is 1. The summed E-state index contributed by atoms with van der Waals surface area (Å²) in [6.07, 6.45) is 1.97. The SMILES string of the molecule is CC1CCN(C(=O)c2ccc(Cl)o2)C(CN)C1. The third-order valence-corrected chi connectivity index (χ3v) is 3.50. The number of furan rings is 1. The molecule has 1 fully saturated rings. The molecule has 0 saturated carbocycles. The van der Waals surface area contributed by atoms with Gasteiger partial charge in [0.1, 0.15) is 0 Å². The van der Waals surface area contributed by atoms with E-state index in [0.29, 0.717) is 18.2 Å². The Labute approximate surface area is 106 Å². The summed E-state index contributed by atoms with van der Waals surface area (Å²) >= 11 is 5.67. The molecule has 94 valence electrons. The maximum Gasteiger partial charge on any atom is 0.289 e. The Morgan fingerprint density at radius 1 is 1.65 bits per heavy atom. The van der Waals surface area contributed by atoms with E-state index >= 15 is 0 Å². The molecule has 2 heterocycles. The van der Waals surface area contributed by atoms with Crippen molar-refractivity contribution in [3.8, 4) is 0 Å². The van der Waals surface area contributed by atoms with E-state index < -0.39 is 0 Å². The molecule has 2 unspecified atom stereocenters. The Hall–Kier alpha value is -1.00. The molecular weight excluding hydrogens is 240 g/mol. The highest BCUT2D eigenvalue weighted by Gasteiger charge is 2.30. The van der Waals surface area contributed by atoms with E-state index in [1.807, 2.05) is 0 Å². The molecule has 1 aliphatic rings. The molecule has 2 N–H and O–H groups in total. The molecule has 0 radical (unpaired) electrons. The number of halogens is 1. The van der Waals surface area contributed by atoms with E-state index in [0.717, 1.165) is 19.4 Å². The van der Waals surface area contributed by atoms with Gasteiger partial charge in [0.2, 0.25) is 0 Å². The molecule has 2 rings (SSSR count). The van der Waals surface area contributed by atoms with Gasteiger partial charge in [-0.1, -0.05) is 6.92 Å². The molecule has 5 heteroatoms. The Kier molecular flexibility index (Phi) is 3.74. The third kappa shape index (κ3) is 2.64. The number of nitrogens with zero attached hydrogens (tertiary/aromatic N) is 1. The van der Waals surface area contributed by atoms with E-state index in [1.54, 1.807) is 17.0 Å². The standard InChI is InChI=1S/C12H17ClN2O2/c1-8-4-5-15(9(6-8)7-14)12(16)10-2-3-11(13)17-10/h2-3,8-9H,4-7,14H2,1H3. The lowest BCUT2D eigenvalue weighted by atomic mass is 9.92. The molecule has 1 saturated heterocycles. The minimum atomic E-state index is -0.112. The van der Waals surface area contributed by atoms with E-state index in [2.05, 4.69) is 6.92 Å². The number of amides is 1. The second kappa shape index (κ2) is 5.10. The Balaban J connectivity index is 2.13. The lowest BCUT2D eigenvalue weighted by Crippen LogP contribution is -2.49. The van der Waals surface area contributed by atoms with Gasteiger partial charge in [0, 0.05) is 19.1 Å². The van der Waals surface area contributed by atoms with Crippen LogP contribution in [0.15, 0.2) is 16.5 Å². The van der Waals surface area contributed by atoms with Crippen LogP contribution in [-0.4, -0.2) is 29.9 Å². The molecular formula is C12H17ClN2O2. The highest BCUT2D eigenvalue weighted by molar-refractivity contribution is 6.29. The Morgan fingerprint density at radius 3 is 3.00 bits per heavy atom. The predicted octanol–water partition coefficient (Wildman–Crippen LogP) is 2.13. The van der Waals surface area contributed by atoms with Crippen molar-refractivity contribution in [2.45, 2.75) is 25.8 Å². The van der Waals surface area contributed by atoms with E-state index in [-0.39, 0.29) is 17.2 Å². The normalized spacial score (nSPS) is 25.0. The van der Waals surface area contributed by atoms with E-state index in [4.69, 9.17) is 21.8 Å². The van der Waals surface area contributed by atoms with Gasteiger partial charge in [-0.3, -0.25) is 4.79 Å². The molecule has 0 spiro atoms. The first-order valence-electron chi connectivity index (χ1n) is 5.88. The maximum atomic E-state index is 12.2. The lowest BCUT2D eigenvalue weighted by Gasteiger charge is -2.37. The molecule has 2 atom stereocenters. The summed E-state index contributed by atoms with van der Waals surface area (Å²) < 4.78 is 5.15. The quantitative estimate of drug-likeness (QED) is 0.882. The first-order chi connectivity index (χ1) is 8.11. The zero-order valence-corrected chi connectivity index (χ0v) is 10.6. The molecule has 0 aromatic carbocycles. The fourth-order valence-electron chi connectivity index (χ4n) is 2.31. The summed E-state index contributed by atoms with van der Waals surface area (Å²) in [4.78, 5) is 14.0. The highest BCUT2D eigenvalue weighted by atomic mass is 35.5. The van der Waals surface area contributed by atoms with E-state index in [1.165, 1.54) is 0 Å². The number of hydrogen-bond acceptors (Lipinski definition) is 3. The van der Waals surface area contributed by atoms with Gasteiger partial charge in [0.05, 0.1) is 0 Å². The van der Waals surface area contributed by atoms with Crippen LogP contribution in [0.4, 0.5) is 0 Å². The molecule has 1 amide bonds. The van der Waals surface area contributed by atoms with Crippen LogP contribution in [0, 0.1) is 5.92 Å². The van der Waals surface area contributed by atoms with Crippen LogP contribution in [0.1, 0.15) is 30.3 Å². The van der Waals surface area contributed by atoms with Gasteiger partial charge >= 0.3 is 0 Å². The zero-order chi connectivity index (χ0) is 12.4. The number of carbonyl (C=O) groups is 1. The summed E-state index contributed by atoms with van der Waals surface area (Å²) in [7, 11) is 0. The van der Waals surface area contributed by atoms with Gasteiger partial charge in [0.25, 0.3) is 5.91 Å². The van der Waals surface area contributed by atoms with Crippen LogP contribution < -0.4 is 5.73 Å². The van der Waals surface area contributed by atoms with Crippen molar-refractivity contribution in [3.63, 3.8) is 0 Å². The van der Waals surface area contributed by atoms with Crippen molar-refractivity contribution in [2.24, 2.45) is 11.7 Å². The monoisotopic (exact) mass is 256 g/mol. The van der Waals surface area contributed by atoms with Crippen LogP contribution in [-0.2, 0) is 0 Å². The molecule has 17 heavy (non-hydrogen) atoms. The van der Waals surface area contributed by atoms with Crippen LogP contribution in [0.3, 0.4) is 0 Å². The average Bonchev–Trinajstić information content (AvgIpc) is 2.75. The number of nitrogens with two attached hydrogens (primary N) is 1.